The zero-order chi connectivity index (χ0) is 13.8. The van der Waals surface area contributed by atoms with Crippen molar-refractivity contribution in [1.82, 2.24) is 9.97 Å². The highest BCUT2D eigenvalue weighted by molar-refractivity contribution is 6.02. The number of H-pyrrole nitrogens is 2. The maximum atomic E-state index is 11.9. The molecular formula is C12H12N4O3. The average Bonchev–Trinajstić information content (AvgIpc) is 2.37. The fraction of sp³-hybridized carbons (Fsp3) is 0.0833. The van der Waals surface area contributed by atoms with Crippen LogP contribution in [0.15, 0.2) is 39.9 Å². The van der Waals surface area contributed by atoms with Crippen LogP contribution in [-0.2, 0) is 6.54 Å². The van der Waals surface area contributed by atoms with E-state index in [2.05, 4.69) is 10.3 Å². The SMILES string of the molecule is NCc1cccc(NC(=O)c2cc(=O)[nH]c(=O)[nH]2)c1. The molecule has 0 fully saturated rings. The van der Waals surface area contributed by atoms with Crippen LogP contribution in [0.2, 0.25) is 0 Å². The van der Waals surface area contributed by atoms with E-state index >= 15 is 0 Å². The Morgan fingerprint density at radius 3 is 2.68 bits per heavy atom. The molecule has 0 aliphatic rings. The van der Waals surface area contributed by atoms with E-state index in [0.717, 1.165) is 11.6 Å². The number of hydrogen-bond acceptors (Lipinski definition) is 4. The molecule has 0 saturated heterocycles. The second-order valence-corrected chi connectivity index (χ2v) is 3.86. The fourth-order valence-electron chi connectivity index (χ4n) is 1.57. The molecule has 1 amide bonds. The van der Waals surface area contributed by atoms with Gasteiger partial charge in [-0.15, -0.1) is 0 Å². The van der Waals surface area contributed by atoms with Crippen molar-refractivity contribution in [2.24, 2.45) is 5.73 Å². The molecule has 1 aromatic heterocycles. The Morgan fingerprint density at radius 2 is 2.00 bits per heavy atom. The van der Waals surface area contributed by atoms with Crippen molar-refractivity contribution in [3.63, 3.8) is 0 Å². The predicted octanol–water partition coefficient (Wildman–Crippen LogP) is -0.226. The number of benzene rings is 1. The van der Waals surface area contributed by atoms with E-state index in [4.69, 9.17) is 5.73 Å². The first kappa shape index (κ1) is 12.8. The number of hydrogen-bond donors (Lipinski definition) is 4. The van der Waals surface area contributed by atoms with Crippen LogP contribution in [0.3, 0.4) is 0 Å². The first-order valence-corrected chi connectivity index (χ1v) is 5.52. The summed E-state index contributed by atoms with van der Waals surface area (Å²) in [6.45, 7) is 0.353. The molecule has 98 valence electrons. The van der Waals surface area contributed by atoms with Crippen molar-refractivity contribution in [2.75, 3.05) is 5.32 Å². The van der Waals surface area contributed by atoms with Crippen molar-refractivity contribution < 1.29 is 4.79 Å². The van der Waals surface area contributed by atoms with Gasteiger partial charge in [0.2, 0.25) is 0 Å². The van der Waals surface area contributed by atoms with Crippen molar-refractivity contribution in [1.29, 1.82) is 0 Å². The molecule has 19 heavy (non-hydrogen) atoms. The van der Waals surface area contributed by atoms with Gasteiger partial charge in [-0.1, -0.05) is 12.1 Å². The Bertz CT molecular complexity index is 689. The van der Waals surface area contributed by atoms with Crippen LogP contribution in [0.4, 0.5) is 5.69 Å². The maximum Gasteiger partial charge on any atom is 0.326 e. The summed E-state index contributed by atoms with van der Waals surface area (Å²) in [6, 6.07) is 7.98. The van der Waals surface area contributed by atoms with Crippen LogP contribution in [0.1, 0.15) is 16.1 Å². The Kier molecular flexibility index (Phi) is 3.58. The minimum absolute atomic E-state index is 0.105. The van der Waals surface area contributed by atoms with Gasteiger partial charge in [0.1, 0.15) is 5.69 Å². The van der Waals surface area contributed by atoms with Crippen molar-refractivity contribution in [2.45, 2.75) is 6.54 Å². The van der Waals surface area contributed by atoms with E-state index in [-0.39, 0.29) is 5.69 Å². The molecule has 0 radical (unpaired) electrons. The second kappa shape index (κ2) is 5.32. The first-order valence-electron chi connectivity index (χ1n) is 5.52. The Morgan fingerprint density at radius 1 is 1.21 bits per heavy atom. The van der Waals surface area contributed by atoms with Crippen molar-refractivity contribution >= 4 is 11.6 Å². The van der Waals surface area contributed by atoms with Gasteiger partial charge in [-0.25, -0.2) is 4.79 Å². The van der Waals surface area contributed by atoms with Crippen LogP contribution >= 0.6 is 0 Å². The van der Waals surface area contributed by atoms with Gasteiger partial charge in [0, 0.05) is 18.3 Å². The van der Waals surface area contributed by atoms with Gasteiger partial charge in [0.15, 0.2) is 0 Å². The molecule has 7 heteroatoms. The third-order valence-electron chi connectivity index (χ3n) is 2.43. The normalized spacial score (nSPS) is 10.2. The fourth-order valence-corrected chi connectivity index (χ4v) is 1.57. The van der Waals surface area contributed by atoms with E-state index in [0.29, 0.717) is 12.2 Å². The molecule has 2 rings (SSSR count). The molecule has 5 N–H and O–H groups in total. The number of aromatic amines is 2. The molecule has 0 aliphatic carbocycles. The predicted molar refractivity (Wildman–Crippen MR) is 70.0 cm³/mol. The monoisotopic (exact) mass is 260 g/mol. The number of aromatic nitrogens is 2. The number of nitrogens with two attached hydrogens (primary N) is 1. The number of nitrogens with one attached hydrogen (secondary N) is 3. The van der Waals surface area contributed by atoms with Crippen molar-refractivity contribution in [3.8, 4) is 0 Å². The highest BCUT2D eigenvalue weighted by Crippen LogP contribution is 2.10. The largest absolute Gasteiger partial charge is 0.326 e. The number of rotatable bonds is 3. The van der Waals surface area contributed by atoms with E-state index in [1.54, 1.807) is 18.2 Å². The van der Waals surface area contributed by atoms with Crippen LogP contribution in [0.5, 0.6) is 0 Å². The lowest BCUT2D eigenvalue weighted by atomic mass is 10.2. The van der Waals surface area contributed by atoms with Gasteiger partial charge in [-0.2, -0.15) is 0 Å². The van der Waals surface area contributed by atoms with E-state index in [9.17, 15) is 14.4 Å². The topological polar surface area (TPSA) is 121 Å². The average molecular weight is 260 g/mol. The van der Waals surface area contributed by atoms with Crippen LogP contribution in [0.25, 0.3) is 0 Å². The number of amides is 1. The van der Waals surface area contributed by atoms with Crippen LogP contribution in [-0.4, -0.2) is 15.9 Å². The maximum absolute atomic E-state index is 11.9. The zero-order valence-electron chi connectivity index (χ0n) is 9.90. The summed E-state index contributed by atoms with van der Waals surface area (Å²) in [7, 11) is 0. The highest BCUT2D eigenvalue weighted by Gasteiger charge is 2.08. The third kappa shape index (κ3) is 3.17. The summed E-state index contributed by atoms with van der Waals surface area (Å²) in [5.74, 6) is -0.572. The lowest BCUT2D eigenvalue weighted by Crippen LogP contribution is -2.27. The van der Waals surface area contributed by atoms with E-state index in [1.807, 2.05) is 11.1 Å². The number of carbonyl (C=O) groups excluding carboxylic acids is 1. The lowest BCUT2D eigenvalue weighted by Gasteiger charge is -2.06. The Hall–Kier alpha value is -2.67. The summed E-state index contributed by atoms with van der Waals surface area (Å²) in [6.07, 6.45) is 0. The molecule has 0 unspecified atom stereocenters. The smallest absolute Gasteiger partial charge is 0.326 e. The summed E-state index contributed by atoms with van der Waals surface area (Å²) in [5, 5.41) is 2.57. The minimum atomic E-state index is -0.728. The van der Waals surface area contributed by atoms with Gasteiger partial charge < -0.3 is 16.0 Å². The lowest BCUT2D eigenvalue weighted by molar-refractivity contribution is 0.102. The van der Waals surface area contributed by atoms with E-state index in [1.165, 1.54) is 0 Å². The van der Waals surface area contributed by atoms with Crippen LogP contribution in [0, 0.1) is 0 Å². The summed E-state index contributed by atoms with van der Waals surface area (Å²) in [4.78, 5) is 38.2. The first-order chi connectivity index (χ1) is 9.08. The van der Waals surface area contributed by atoms with Gasteiger partial charge >= 0.3 is 5.69 Å². The standard InChI is InChI=1S/C12H12N4O3/c13-6-7-2-1-3-8(4-7)14-11(18)9-5-10(17)16-12(19)15-9/h1-5H,6,13H2,(H,14,18)(H2,15,16,17,19). The second-order valence-electron chi connectivity index (χ2n) is 3.86. The number of carbonyl (C=O) groups is 1. The molecule has 1 aromatic carbocycles. The highest BCUT2D eigenvalue weighted by atomic mass is 16.2. The summed E-state index contributed by atoms with van der Waals surface area (Å²) < 4.78 is 0. The van der Waals surface area contributed by atoms with E-state index < -0.39 is 17.2 Å². The molecule has 1 heterocycles. The molecular weight excluding hydrogens is 248 g/mol. The molecule has 0 saturated carbocycles. The van der Waals surface area contributed by atoms with Crippen LogP contribution < -0.4 is 22.3 Å². The van der Waals surface area contributed by atoms with Gasteiger partial charge in [0.25, 0.3) is 11.5 Å². The Balaban J connectivity index is 2.25. The Labute approximate surface area is 107 Å². The molecule has 2 aromatic rings. The van der Waals surface area contributed by atoms with Crippen molar-refractivity contribution in [3.05, 3.63) is 62.4 Å². The molecule has 7 nitrogen and oxygen atoms in total. The molecule has 0 bridgehead atoms. The third-order valence-corrected chi connectivity index (χ3v) is 2.43. The summed E-state index contributed by atoms with van der Waals surface area (Å²) >= 11 is 0. The minimum Gasteiger partial charge on any atom is -0.326 e. The van der Waals surface area contributed by atoms with Gasteiger partial charge in [-0.05, 0) is 17.7 Å². The zero-order valence-corrected chi connectivity index (χ0v) is 9.90. The quantitative estimate of drug-likeness (QED) is 0.609. The molecule has 0 aliphatic heterocycles. The number of anilines is 1. The van der Waals surface area contributed by atoms with Gasteiger partial charge in [-0.3, -0.25) is 14.6 Å². The summed E-state index contributed by atoms with van der Waals surface area (Å²) in [5.41, 5.74) is 5.42. The van der Waals surface area contributed by atoms with Gasteiger partial charge in [0.05, 0.1) is 0 Å². The molecule has 0 spiro atoms. The molecule has 0 atom stereocenters.